The van der Waals surface area contributed by atoms with Gasteiger partial charge in [-0.3, -0.25) is 4.90 Å². The second-order valence-electron chi connectivity index (χ2n) is 4.59. The number of hydrogen-bond donors (Lipinski definition) is 1. The molecule has 18 heavy (non-hydrogen) atoms. The molecule has 1 heterocycles. The van der Waals surface area contributed by atoms with E-state index >= 15 is 0 Å². The largest absolute Gasteiger partial charge is 0.450 e. The Bertz CT molecular complexity index is 394. The Hall–Kier alpha value is -1.55. The summed E-state index contributed by atoms with van der Waals surface area (Å²) in [7, 11) is 0. The van der Waals surface area contributed by atoms with Gasteiger partial charge in [0.05, 0.1) is 12.6 Å². The van der Waals surface area contributed by atoms with E-state index in [1.807, 2.05) is 30.0 Å². The summed E-state index contributed by atoms with van der Waals surface area (Å²) >= 11 is 0. The summed E-state index contributed by atoms with van der Waals surface area (Å²) in [5.41, 5.74) is 1.14. The van der Waals surface area contributed by atoms with Gasteiger partial charge in [0.2, 0.25) is 0 Å². The fraction of sp³-hybridized carbons (Fsp3) is 0.500. The van der Waals surface area contributed by atoms with Crippen LogP contribution in [0.2, 0.25) is 0 Å². The molecule has 1 saturated heterocycles. The Labute approximate surface area is 108 Å². The van der Waals surface area contributed by atoms with Gasteiger partial charge in [-0.2, -0.15) is 0 Å². The van der Waals surface area contributed by atoms with Gasteiger partial charge in [-0.1, -0.05) is 30.3 Å². The fourth-order valence-corrected chi connectivity index (χ4v) is 2.29. The highest BCUT2D eigenvalue weighted by Gasteiger charge is 2.31. The van der Waals surface area contributed by atoms with Gasteiger partial charge in [-0.25, -0.2) is 4.79 Å². The first-order valence-corrected chi connectivity index (χ1v) is 6.44. The van der Waals surface area contributed by atoms with E-state index in [1.54, 1.807) is 0 Å². The van der Waals surface area contributed by atoms with Crippen LogP contribution in [0.25, 0.3) is 0 Å². The van der Waals surface area contributed by atoms with Crippen molar-refractivity contribution in [3.05, 3.63) is 35.9 Å². The quantitative estimate of drug-likeness (QED) is 0.872. The maximum atomic E-state index is 12.0. The average molecular weight is 248 g/mol. The molecule has 1 N–H and O–H groups in total. The SMILES string of the molecule is CCOC(=O)N1CC(C)NCC1c1ccccc1. The predicted molar refractivity (Wildman–Crippen MR) is 70.4 cm³/mol. The van der Waals surface area contributed by atoms with E-state index in [0.717, 1.165) is 12.1 Å². The lowest BCUT2D eigenvalue weighted by molar-refractivity contribution is 0.0727. The zero-order chi connectivity index (χ0) is 13.0. The molecule has 98 valence electrons. The summed E-state index contributed by atoms with van der Waals surface area (Å²) in [6.45, 7) is 5.77. The minimum atomic E-state index is -0.222. The minimum absolute atomic E-state index is 0.0569. The van der Waals surface area contributed by atoms with Crippen LogP contribution in [-0.4, -0.2) is 36.7 Å². The van der Waals surface area contributed by atoms with Crippen LogP contribution in [0.3, 0.4) is 0 Å². The van der Waals surface area contributed by atoms with Crippen molar-refractivity contribution in [2.75, 3.05) is 19.7 Å². The molecular weight excluding hydrogens is 228 g/mol. The highest BCUT2D eigenvalue weighted by atomic mass is 16.6. The van der Waals surface area contributed by atoms with Crippen molar-refractivity contribution in [3.8, 4) is 0 Å². The number of nitrogens with one attached hydrogen (secondary N) is 1. The lowest BCUT2D eigenvalue weighted by Crippen LogP contribution is -2.53. The van der Waals surface area contributed by atoms with E-state index < -0.39 is 0 Å². The van der Waals surface area contributed by atoms with Gasteiger partial charge in [0.25, 0.3) is 0 Å². The summed E-state index contributed by atoms with van der Waals surface area (Å²) in [6.07, 6.45) is -0.222. The summed E-state index contributed by atoms with van der Waals surface area (Å²) in [5.74, 6) is 0. The van der Waals surface area contributed by atoms with Crippen molar-refractivity contribution in [1.82, 2.24) is 10.2 Å². The molecule has 1 aliphatic rings. The molecule has 0 aromatic heterocycles. The van der Waals surface area contributed by atoms with E-state index in [4.69, 9.17) is 4.74 Å². The lowest BCUT2D eigenvalue weighted by Gasteiger charge is -2.38. The third-order valence-electron chi connectivity index (χ3n) is 3.19. The summed E-state index contributed by atoms with van der Waals surface area (Å²) in [5, 5.41) is 3.41. The van der Waals surface area contributed by atoms with Crippen molar-refractivity contribution in [1.29, 1.82) is 0 Å². The molecule has 2 rings (SSSR count). The van der Waals surface area contributed by atoms with Crippen LogP contribution >= 0.6 is 0 Å². The molecule has 1 fully saturated rings. The number of nitrogens with zero attached hydrogens (tertiary/aromatic N) is 1. The molecule has 4 heteroatoms. The number of carbonyl (C=O) groups excluding carboxylic acids is 1. The Kier molecular flexibility index (Phi) is 4.20. The average Bonchev–Trinajstić information content (AvgIpc) is 2.40. The van der Waals surface area contributed by atoms with Crippen LogP contribution in [0.5, 0.6) is 0 Å². The highest BCUT2D eigenvalue weighted by Crippen LogP contribution is 2.24. The number of amides is 1. The molecular formula is C14H20N2O2. The molecule has 0 spiro atoms. The molecule has 1 amide bonds. The number of ether oxygens (including phenoxy) is 1. The monoisotopic (exact) mass is 248 g/mol. The lowest BCUT2D eigenvalue weighted by atomic mass is 10.0. The van der Waals surface area contributed by atoms with Gasteiger partial charge in [-0.05, 0) is 19.4 Å². The van der Waals surface area contributed by atoms with E-state index in [1.165, 1.54) is 0 Å². The molecule has 2 unspecified atom stereocenters. The van der Waals surface area contributed by atoms with Crippen LogP contribution in [0.1, 0.15) is 25.5 Å². The zero-order valence-electron chi connectivity index (χ0n) is 10.9. The molecule has 1 aliphatic heterocycles. The molecule has 2 atom stereocenters. The number of carbonyl (C=O) groups is 1. The molecule has 1 aromatic carbocycles. The number of benzene rings is 1. The molecule has 0 aliphatic carbocycles. The molecule has 0 bridgehead atoms. The predicted octanol–water partition coefficient (Wildman–Crippen LogP) is 2.18. The Morgan fingerprint density at radius 3 is 2.83 bits per heavy atom. The van der Waals surface area contributed by atoms with Crippen LogP contribution in [0.4, 0.5) is 4.79 Å². The van der Waals surface area contributed by atoms with E-state index in [9.17, 15) is 4.79 Å². The van der Waals surface area contributed by atoms with Gasteiger partial charge in [0.15, 0.2) is 0 Å². The third-order valence-corrected chi connectivity index (χ3v) is 3.19. The topological polar surface area (TPSA) is 41.6 Å². The zero-order valence-corrected chi connectivity index (χ0v) is 10.9. The van der Waals surface area contributed by atoms with E-state index in [2.05, 4.69) is 24.4 Å². The van der Waals surface area contributed by atoms with Crippen LogP contribution < -0.4 is 5.32 Å². The fourth-order valence-electron chi connectivity index (χ4n) is 2.29. The van der Waals surface area contributed by atoms with Gasteiger partial charge in [0.1, 0.15) is 0 Å². The van der Waals surface area contributed by atoms with Crippen molar-refractivity contribution in [2.24, 2.45) is 0 Å². The standard InChI is InChI=1S/C14H20N2O2/c1-3-18-14(17)16-10-11(2)15-9-13(16)12-7-5-4-6-8-12/h4-8,11,13,15H,3,9-10H2,1-2H3. The third kappa shape index (κ3) is 2.82. The first-order chi connectivity index (χ1) is 8.72. The maximum Gasteiger partial charge on any atom is 0.410 e. The Morgan fingerprint density at radius 1 is 1.44 bits per heavy atom. The number of hydrogen-bond acceptors (Lipinski definition) is 3. The highest BCUT2D eigenvalue weighted by molar-refractivity contribution is 5.68. The van der Waals surface area contributed by atoms with Crippen LogP contribution in [0.15, 0.2) is 30.3 Å². The summed E-state index contributed by atoms with van der Waals surface area (Å²) in [6, 6.07) is 10.4. The smallest absolute Gasteiger partial charge is 0.410 e. The second kappa shape index (κ2) is 5.87. The van der Waals surface area contributed by atoms with Crippen molar-refractivity contribution < 1.29 is 9.53 Å². The molecule has 0 saturated carbocycles. The second-order valence-corrected chi connectivity index (χ2v) is 4.59. The van der Waals surface area contributed by atoms with E-state index in [0.29, 0.717) is 19.2 Å². The summed E-state index contributed by atoms with van der Waals surface area (Å²) < 4.78 is 5.14. The van der Waals surface area contributed by atoms with Crippen LogP contribution in [0, 0.1) is 0 Å². The molecule has 1 aromatic rings. The maximum absolute atomic E-state index is 12.0. The number of piperazine rings is 1. The van der Waals surface area contributed by atoms with Crippen molar-refractivity contribution >= 4 is 6.09 Å². The number of rotatable bonds is 2. The van der Waals surface area contributed by atoms with Crippen molar-refractivity contribution in [3.63, 3.8) is 0 Å². The van der Waals surface area contributed by atoms with Gasteiger partial charge >= 0.3 is 6.09 Å². The van der Waals surface area contributed by atoms with Gasteiger partial charge in [-0.15, -0.1) is 0 Å². The summed E-state index contributed by atoms with van der Waals surface area (Å²) in [4.78, 5) is 13.8. The van der Waals surface area contributed by atoms with E-state index in [-0.39, 0.29) is 12.1 Å². The molecule has 4 nitrogen and oxygen atoms in total. The van der Waals surface area contributed by atoms with Crippen LogP contribution in [-0.2, 0) is 4.74 Å². The minimum Gasteiger partial charge on any atom is -0.450 e. The first kappa shape index (κ1) is 12.9. The van der Waals surface area contributed by atoms with Gasteiger partial charge < -0.3 is 10.1 Å². The Balaban J connectivity index is 2.18. The van der Waals surface area contributed by atoms with Gasteiger partial charge in [0, 0.05) is 19.1 Å². The molecule has 0 radical (unpaired) electrons. The van der Waals surface area contributed by atoms with Crippen molar-refractivity contribution in [2.45, 2.75) is 25.9 Å². The first-order valence-electron chi connectivity index (χ1n) is 6.44. The Morgan fingerprint density at radius 2 is 2.17 bits per heavy atom. The normalized spacial score (nSPS) is 23.8.